The number of anilines is 2. The number of aromatic nitrogens is 1. The summed E-state index contributed by atoms with van der Waals surface area (Å²) in [6.45, 7) is 1.75. The first-order valence-corrected chi connectivity index (χ1v) is 8.78. The van der Waals surface area contributed by atoms with Gasteiger partial charge in [-0.15, -0.1) is 11.8 Å². The Bertz CT molecular complexity index is 983. The molecule has 0 radical (unpaired) electrons. The zero-order chi connectivity index (χ0) is 17.4. The van der Waals surface area contributed by atoms with Crippen molar-refractivity contribution in [3.63, 3.8) is 0 Å². The number of hydrogen-bond acceptors (Lipinski definition) is 5. The highest BCUT2D eigenvalue weighted by Gasteiger charge is 2.26. The lowest BCUT2D eigenvalue weighted by Gasteiger charge is -2.28. The maximum Gasteiger partial charge on any atom is 0.244 e. The van der Waals surface area contributed by atoms with Gasteiger partial charge in [-0.05, 0) is 24.3 Å². The van der Waals surface area contributed by atoms with Crippen molar-refractivity contribution in [2.75, 3.05) is 22.5 Å². The van der Waals surface area contributed by atoms with Gasteiger partial charge in [-0.25, -0.2) is 4.98 Å². The number of carbonyl (C=O) groups excluding carboxylic acids is 2. The Morgan fingerprint density at radius 2 is 2.16 bits per heavy atom. The standard InChI is InChI=1S/C18H15N3O3S/c1-11-19-13-7-6-12(8-15(13)24-11)20-17(22)9-21-14-4-2-3-5-16(14)25-10-18(21)23/h2-8H,9-10H2,1H3,(H,20,22). The van der Waals surface area contributed by atoms with Crippen LogP contribution in [0.15, 0.2) is 51.8 Å². The molecule has 2 amide bonds. The van der Waals surface area contributed by atoms with Gasteiger partial charge in [-0.1, -0.05) is 12.1 Å². The molecule has 6 nitrogen and oxygen atoms in total. The fourth-order valence-electron chi connectivity index (χ4n) is 2.79. The second-order valence-electron chi connectivity index (χ2n) is 5.70. The van der Waals surface area contributed by atoms with Crippen LogP contribution in [-0.2, 0) is 9.59 Å². The molecule has 0 saturated carbocycles. The number of aryl methyl sites for hydroxylation is 1. The van der Waals surface area contributed by atoms with Gasteiger partial charge >= 0.3 is 0 Å². The zero-order valence-corrected chi connectivity index (χ0v) is 14.3. The second kappa shape index (κ2) is 6.25. The van der Waals surface area contributed by atoms with Crippen LogP contribution in [0.4, 0.5) is 11.4 Å². The van der Waals surface area contributed by atoms with Gasteiger partial charge in [-0.2, -0.15) is 0 Å². The summed E-state index contributed by atoms with van der Waals surface area (Å²) in [5, 5.41) is 2.81. The summed E-state index contributed by atoms with van der Waals surface area (Å²) in [7, 11) is 0. The Labute approximate surface area is 148 Å². The summed E-state index contributed by atoms with van der Waals surface area (Å²) in [5.41, 5.74) is 2.75. The lowest BCUT2D eigenvalue weighted by Crippen LogP contribution is -2.41. The first-order valence-electron chi connectivity index (χ1n) is 7.79. The molecule has 0 saturated heterocycles. The maximum atomic E-state index is 12.4. The van der Waals surface area contributed by atoms with Crippen LogP contribution in [0.25, 0.3) is 11.1 Å². The highest BCUT2D eigenvalue weighted by Crippen LogP contribution is 2.34. The average Bonchev–Trinajstić information content (AvgIpc) is 2.97. The third kappa shape index (κ3) is 3.10. The van der Waals surface area contributed by atoms with Gasteiger partial charge in [0.05, 0.1) is 11.4 Å². The number of carbonyl (C=O) groups is 2. The molecule has 0 spiro atoms. The van der Waals surface area contributed by atoms with Crippen molar-refractivity contribution in [1.29, 1.82) is 0 Å². The lowest BCUT2D eigenvalue weighted by molar-refractivity contribution is -0.120. The smallest absolute Gasteiger partial charge is 0.244 e. The maximum absolute atomic E-state index is 12.4. The van der Waals surface area contributed by atoms with Crippen molar-refractivity contribution in [2.24, 2.45) is 0 Å². The third-order valence-electron chi connectivity index (χ3n) is 3.89. The van der Waals surface area contributed by atoms with Crippen LogP contribution in [0.3, 0.4) is 0 Å². The van der Waals surface area contributed by atoms with E-state index in [9.17, 15) is 9.59 Å². The predicted molar refractivity (Wildman–Crippen MR) is 96.9 cm³/mol. The topological polar surface area (TPSA) is 75.4 Å². The molecule has 1 aromatic heterocycles. The Morgan fingerprint density at radius 3 is 3.04 bits per heavy atom. The summed E-state index contributed by atoms with van der Waals surface area (Å²) in [6, 6.07) is 12.9. The van der Waals surface area contributed by atoms with Crippen LogP contribution in [0.5, 0.6) is 0 Å². The van der Waals surface area contributed by atoms with E-state index >= 15 is 0 Å². The molecule has 0 bridgehead atoms. The molecular weight excluding hydrogens is 338 g/mol. The van der Waals surface area contributed by atoms with Gasteiger partial charge < -0.3 is 14.6 Å². The molecule has 1 aliphatic heterocycles. The monoisotopic (exact) mass is 353 g/mol. The van der Waals surface area contributed by atoms with Gasteiger partial charge in [0.15, 0.2) is 11.5 Å². The van der Waals surface area contributed by atoms with Crippen molar-refractivity contribution in [2.45, 2.75) is 11.8 Å². The van der Waals surface area contributed by atoms with Crippen LogP contribution in [0, 0.1) is 6.92 Å². The van der Waals surface area contributed by atoms with Crippen molar-refractivity contribution in [3.05, 3.63) is 48.4 Å². The van der Waals surface area contributed by atoms with E-state index in [0.29, 0.717) is 22.9 Å². The highest BCUT2D eigenvalue weighted by atomic mass is 32.2. The summed E-state index contributed by atoms with van der Waals surface area (Å²) in [6.07, 6.45) is 0. The second-order valence-corrected chi connectivity index (χ2v) is 6.72. The molecule has 3 aromatic rings. The van der Waals surface area contributed by atoms with Crippen LogP contribution in [0.2, 0.25) is 0 Å². The molecular formula is C18H15N3O3S. The van der Waals surface area contributed by atoms with E-state index in [0.717, 1.165) is 16.1 Å². The number of benzene rings is 2. The third-order valence-corrected chi connectivity index (χ3v) is 4.94. The van der Waals surface area contributed by atoms with Gasteiger partial charge in [0.1, 0.15) is 12.1 Å². The fraction of sp³-hybridized carbons (Fsp3) is 0.167. The molecule has 1 N–H and O–H groups in total. The zero-order valence-electron chi connectivity index (χ0n) is 13.5. The van der Waals surface area contributed by atoms with Crippen molar-refractivity contribution in [3.8, 4) is 0 Å². The number of nitrogens with one attached hydrogen (secondary N) is 1. The lowest BCUT2D eigenvalue weighted by atomic mass is 10.2. The van der Waals surface area contributed by atoms with Gasteiger partial charge in [0.2, 0.25) is 11.8 Å². The minimum Gasteiger partial charge on any atom is -0.441 e. The molecule has 0 fully saturated rings. The first-order chi connectivity index (χ1) is 12.1. The number of fused-ring (bicyclic) bond motifs is 2. The Balaban J connectivity index is 1.52. The summed E-state index contributed by atoms with van der Waals surface area (Å²) in [5.74, 6) is 0.588. The number of para-hydroxylation sites is 1. The van der Waals surface area contributed by atoms with E-state index < -0.39 is 0 Å². The van der Waals surface area contributed by atoms with Gasteiger partial charge in [0.25, 0.3) is 0 Å². The van der Waals surface area contributed by atoms with E-state index in [1.165, 1.54) is 16.7 Å². The number of rotatable bonds is 3. The molecule has 2 heterocycles. The number of amides is 2. The van der Waals surface area contributed by atoms with Crippen LogP contribution in [-0.4, -0.2) is 29.1 Å². The number of oxazole rings is 1. The number of thioether (sulfide) groups is 1. The van der Waals surface area contributed by atoms with Crippen LogP contribution < -0.4 is 10.2 Å². The van der Waals surface area contributed by atoms with Gasteiger partial charge in [0, 0.05) is 23.6 Å². The molecule has 1 aliphatic rings. The molecule has 0 atom stereocenters. The summed E-state index contributed by atoms with van der Waals surface area (Å²) in [4.78, 5) is 31.4. The Morgan fingerprint density at radius 1 is 1.32 bits per heavy atom. The first kappa shape index (κ1) is 15.7. The minimum atomic E-state index is -0.259. The normalized spacial score (nSPS) is 13.8. The van der Waals surface area contributed by atoms with Crippen molar-refractivity contribution in [1.82, 2.24) is 4.98 Å². The number of hydrogen-bond donors (Lipinski definition) is 1. The molecule has 0 aliphatic carbocycles. The van der Waals surface area contributed by atoms with Crippen molar-refractivity contribution < 1.29 is 14.0 Å². The SMILES string of the molecule is Cc1nc2ccc(NC(=O)CN3C(=O)CSc4ccccc43)cc2o1. The minimum absolute atomic E-state index is 0.0239. The Kier molecular flexibility index (Phi) is 3.93. The van der Waals surface area contributed by atoms with E-state index in [1.54, 1.807) is 25.1 Å². The van der Waals surface area contributed by atoms with Crippen LogP contribution in [0.1, 0.15) is 5.89 Å². The quantitative estimate of drug-likeness (QED) is 0.782. The largest absolute Gasteiger partial charge is 0.441 e. The van der Waals surface area contributed by atoms with Crippen molar-refractivity contribution >= 4 is 46.1 Å². The molecule has 126 valence electrons. The van der Waals surface area contributed by atoms with E-state index in [4.69, 9.17) is 4.42 Å². The van der Waals surface area contributed by atoms with E-state index in [-0.39, 0.29) is 18.4 Å². The molecule has 7 heteroatoms. The van der Waals surface area contributed by atoms with Gasteiger partial charge in [-0.3, -0.25) is 9.59 Å². The summed E-state index contributed by atoms with van der Waals surface area (Å²) >= 11 is 1.49. The molecule has 2 aromatic carbocycles. The molecule has 0 unspecified atom stereocenters. The average molecular weight is 353 g/mol. The van der Waals surface area contributed by atoms with Crippen LogP contribution >= 0.6 is 11.8 Å². The predicted octanol–water partition coefficient (Wildman–Crippen LogP) is 3.21. The fourth-order valence-corrected chi connectivity index (χ4v) is 3.72. The van der Waals surface area contributed by atoms with E-state index in [1.807, 2.05) is 24.3 Å². The van der Waals surface area contributed by atoms with E-state index in [2.05, 4.69) is 10.3 Å². The number of nitrogens with zero attached hydrogens (tertiary/aromatic N) is 2. The summed E-state index contributed by atoms with van der Waals surface area (Å²) < 4.78 is 5.47. The highest BCUT2D eigenvalue weighted by molar-refractivity contribution is 8.00. The molecule has 25 heavy (non-hydrogen) atoms. The molecule has 4 rings (SSSR count). The Hall–Kier alpha value is -2.80.